The van der Waals surface area contributed by atoms with Crippen LogP contribution in [0.3, 0.4) is 0 Å². The molecule has 0 radical (unpaired) electrons. The standard InChI is InChI=1S/C26H38N4O4/c1-26(2,3)33-22(31)15-19(13-9-12-18-10-7-6-8-11-18)24-28-23(29-34-24)20-14-21(17-27-16-20)25(32)30(4)5/h14,16-19H,6-13,15H2,1-5H3/t19-/m1/s1. The van der Waals surface area contributed by atoms with Crippen molar-refractivity contribution in [2.75, 3.05) is 14.1 Å². The van der Waals surface area contributed by atoms with Crippen LogP contribution in [0.1, 0.15) is 101 Å². The molecule has 1 atom stereocenters. The minimum atomic E-state index is -0.547. The van der Waals surface area contributed by atoms with Gasteiger partial charge in [0.05, 0.1) is 12.0 Å². The van der Waals surface area contributed by atoms with Crippen LogP contribution in [-0.4, -0.2) is 51.6 Å². The van der Waals surface area contributed by atoms with Crippen LogP contribution in [0.25, 0.3) is 11.4 Å². The number of ether oxygens (including phenoxy) is 1. The molecule has 186 valence electrons. The highest BCUT2D eigenvalue weighted by molar-refractivity contribution is 5.94. The molecule has 8 heteroatoms. The second kappa shape index (κ2) is 11.6. The Balaban J connectivity index is 1.74. The number of hydrogen-bond acceptors (Lipinski definition) is 7. The summed E-state index contributed by atoms with van der Waals surface area (Å²) in [6.45, 7) is 5.59. The second-order valence-electron chi connectivity index (χ2n) is 10.5. The van der Waals surface area contributed by atoms with Gasteiger partial charge < -0.3 is 14.2 Å². The summed E-state index contributed by atoms with van der Waals surface area (Å²) < 4.78 is 11.2. The summed E-state index contributed by atoms with van der Waals surface area (Å²) in [5.74, 6) is 0.932. The molecule has 0 spiro atoms. The molecule has 3 rings (SSSR count). The normalized spacial score (nSPS) is 15.7. The van der Waals surface area contributed by atoms with Crippen LogP contribution in [0, 0.1) is 5.92 Å². The molecule has 0 bridgehead atoms. The summed E-state index contributed by atoms with van der Waals surface area (Å²) in [4.78, 5) is 35.1. The third-order valence-electron chi connectivity index (χ3n) is 6.16. The van der Waals surface area contributed by atoms with Gasteiger partial charge in [0.25, 0.3) is 5.91 Å². The van der Waals surface area contributed by atoms with Crippen molar-refractivity contribution >= 4 is 11.9 Å². The highest BCUT2D eigenvalue weighted by atomic mass is 16.6. The molecule has 1 aliphatic carbocycles. The second-order valence-corrected chi connectivity index (χ2v) is 10.5. The van der Waals surface area contributed by atoms with Gasteiger partial charge in [-0.2, -0.15) is 4.98 Å². The Kier molecular flexibility index (Phi) is 8.80. The number of hydrogen-bond donors (Lipinski definition) is 0. The lowest BCUT2D eigenvalue weighted by molar-refractivity contribution is -0.155. The van der Waals surface area contributed by atoms with Gasteiger partial charge in [0.15, 0.2) is 0 Å². The number of carbonyl (C=O) groups is 2. The van der Waals surface area contributed by atoms with E-state index >= 15 is 0 Å². The molecule has 0 N–H and O–H groups in total. The van der Waals surface area contributed by atoms with E-state index in [4.69, 9.17) is 9.26 Å². The molecule has 0 aliphatic heterocycles. The van der Waals surface area contributed by atoms with Crippen molar-refractivity contribution in [2.24, 2.45) is 5.92 Å². The minimum absolute atomic E-state index is 0.149. The minimum Gasteiger partial charge on any atom is -0.460 e. The number of carbonyl (C=O) groups excluding carboxylic acids is 2. The quantitative estimate of drug-likeness (QED) is 0.453. The lowest BCUT2D eigenvalue weighted by Crippen LogP contribution is -2.25. The smallest absolute Gasteiger partial charge is 0.307 e. The van der Waals surface area contributed by atoms with E-state index in [1.807, 2.05) is 20.8 Å². The molecule has 2 heterocycles. The van der Waals surface area contributed by atoms with Gasteiger partial charge in [0.1, 0.15) is 5.60 Å². The fourth-order valence-electron chi connectivity index (χ4n) is 4.48. The van der Waals surface area contributed by atoms with E-state index in [1.54, 1.807) is 26.4 Å². The Morgan fingerprint density at radius 1 is 1.18 bits per heavy atom. The molecular formula is C26H38N4O4. The summed E-state index contributed by atoms with van der Waals surface area (Å²) in [5.41, 5.74) is 0.502. The molecule has 0 saturated heterocycles. The molecule has 8 nitrogen and oxygen atoms in total. The first-order valence-corrected chi connectivity index (χ1v) is 12.3. The van der Waals surface area contributed by atoms with Gasteiger partial charge in [-0.05, 0) is 39.2 Å². The van der Waals surface area contributed by atoms with E-state index in [0.29, 0.717) is 22.8 Å². The van der Waals surface area contributed by atoms with E-state index in [-0.39, 0.29) is 24.2 Å². The van der Waals surface area contributed by atoms with Gasteiger partial charge in [0, 0.05) is 38.0 Å². The van der Waals surface area contributed by atoms with Crippen LogP contribution in [0.5, 0.6) is 0 Å². The maximum atomic E-state index is 12.6. The number of rotatable bonds is 9. The first-order chi connectivity index (χ1) is 16.1. The first kappa shape index (κ1) is 25.8. The highest BCUT2D eigenvalue weighted by Gasteiger charge is 2.27. The zero-order valence-corrected chi connectivity index (χ0v) is 21.2. The van der Waals surface area contributed by atoms with Gasteiger partial charge in [-0.15, -0.1) is 0 Å². The third-order valence-corrected chi connectivity index (χ3v) is 6.16. The summed E-state index contributed by atoms with van der Waals surface area (Å²) >= 11 is 0. The van der Waals surface area contributed by atoms with Crippen molar-refractivity contribution in [3.05, 3.63) is 29.9 Å². The lowest BCUT2D eigenvalue weighted by atomic mass is 9.84. The van der Waals surface area contributed by atoms with Crippen molar-refractivity contribution in [3.63, 3.8) is 0 Å². The number of amides is 1. The van der Waals surface area contributed by atoms with Gasteiger partial charge >= 0.3 is 5.97 Å². The van der Waals surface area contributed by atoms with Crippen molar-refractivity contribution in [3.8, 4) is 11.4 Å². The fraction of sp³-hybridized carbons (Fsp3) is 0.654. The fourth-order valence-corrected chi connectivity index (χ4v) is 4.48. The number of pyridine rings is 1. The Labute approximate surface area is 202 Å². The number of aromatic nitrogens is 3. The van der Waals surface area contributed by atoms with Crippen LogP contribution in [0.4, 0.5) is 0 Å². The summed E-state index contributed by atoms with van der Waals surface area (Å²) in [6, 6.07) is 1.70. The average molecular weight is 471 g/mol. The van der Waals surface area contributed by atoms with E-state index in [1.165, 1.54) is 43.2 Å². The predicted octanol–water partition coefficient (Wildman–Crippen LogP) is 5.40. The van der Waals surface area contributed by atoms with Crippen molar-refractivity contribution < 1.29 is 18.8 Å². The topological polar surface area (TPSA) is 98.4 Å². The monoisotopic (exact) mass is 470 g/mol. The summed E-state index contributed by atoms with van der Waals surface area (Å²) in [5, 5.41) is 4.13. The van der Waals surface area contributed by atoms with E-state index in [0.717, 1.165) is 25.2 Å². The van der Waals surface area contributed by atoms with Gasteiger partial charge in [0.2, 0.25) is 11.7 Å². The zero-order chi connectivity index (χ0) is 24.7. The number of nitrogens with zero attached hydrogens (tertiary/aromatic N) is 4. The summed E-state index contributed by atoms with van der Waals surface area (Å²) in [7, 11) is 3.38. The average Bonchev–Trinajstić information content (AvgIpc) is 3.28. The maximum absolute atomic E-state index is 12.6. The largest absolute Gasteiger partial charge is 0.460 e. The first-order valence-electron chi connectivity index (χ1n) is 12.3. The molecule has 2 aromatic heterocycles. The molecule has 1 aliphatic rings. The van der Waals surface area contributed by atoms with Crippen molar-refractivity contribution in [1.82, 2.24) is 20.0 Å². The van der Waals surface area contributed by atoms with Crippen LogP contribution in [0.2, 0.25) is 0 Å². The molecule has 0 unspecified atom stereocenters. The van der Waals surface area contributed by atoms with Crippen LogP contribution in [-0.2, 0) is 9.53 Å². The van der Waals surface area contributed by atoms with Gasteiger partial charge in [-0.25, -0.2) is 0 Å². The van der Waals surface area contributed by atoms with Crippen molar-refractivity contribution in [1.29, 1.82) is 0 Å². The highest BCUT2D eigenvalue weighted by Crippen LogP contribution is 2.32. The summed E-state index contributed by atoms with van der Waals surface area (Å²) in [6.07, 6.45) is 12.9. The number of esters is 1. The molecule has 1 fully saturated rings. The molecule has 0 aromatic carbocycles. The molecule has 2 aromatic rings. The van der Waals surface area contributed by atoms with E-state index < -0.39 is 5.60 Å². The third kappa shape index (κ3) is 7.64. The predicted molar refractivity (Wildman–Crippen MR) is 129 cm³/mol. The van der Waals surface area contributed by atoms with E-state index in [9.17, 15) is 9.59 Å². The zero-order valence-electron chi connectivity index (χ0n) is 21.2. The Morgan fingerprint density at radius 2 is 1.91 bits per heavy atom. The van der Waals surface area contributed by atoms with E-state index in [2.05, 4.69) is 15.1 Å². The molecule has 34 heavy (non-hydrogen) atoms. The maximum Gasteiger partial charge on any atom is 0.307 e. The van der Waals surface area contributed by atoms with Crippen molar-refractivity contribution in [2.45, 2.75) is 90.1 Å². The van der Waals surface area contributed by atoms with Crippen LogP contribution < -0.4 is 0 Å². The molecular weight excluding hydrogens is 432 g/mol. The Morgan fingerprint density at radius 3 is 2.59 bits per heavy atom. The molecule has 1 saturated carbocycles. The van der Waals surface area contributed by atoms with Gasteiger partial charge in [-0.3, -0.25) is 14.6 Å². The van der Waals surface area contributed by atoms with Gasteiger partial charge in [-0.1, -0.05) is 50.1 Å². The Bertz CT molecular complexity index is 958. The van der Waals surface area contributed by atoms with Crippen LogP contribution >= 0.6 is 0 Å². The lowest BCUT2D eigenvalue weighted by Gasteiger charge is -2.23. The Hall–Kier alpha value is -2.77. The molecule has 1 amide bonds. The SMILES string of the molecule is CN(C)C(=O)c1cncc(-c2noc([C@H](CCCC3CCCCC3)CC(=O)OC(C)(C)C)n2)c1. The van der Waals surface area contributed by atoms with Crippen LogP contribution in [0.15, 0.2) is 23.0 Å².